The van der Waals surface area contributed by atoms with Crippen molar-refractivity contribution in [3.05, 3.63) is 17.5 Å². The van der Waals surface area contributed by atoms with Gasteiger partial charge in [0.15, 0.2) is 5.76 Å². The van der Waals surface area contributed by atoms with Crippen molar-refractivity contribution >= 4 is 12.0 Å². The number of nitrogens with zero attached hydrogens (tertiary/aromatic N) is 1. The van der Waals surface area contributed by atoms with Crippen LogP contribution in [0.1, 0.15) is 24.3 Å². The maximum atomic E-state index is 11.8. The van der Waals surface area contributed by atoms with E-state index in [-0.39, 0.29) is 19.4 Å². The summed E-state index contributed by atoms with van der Waals surface area (Å²) in [4.78, 5) is 23.2. The molecule has 8 heteroatoms. The molecular formula is C12H17N3O5. The molecule has 1 saturated heterocycles. The maximum absolute atomic E-state index is 11.8. The van der Waals surface area contributed by atoms with E-state index in [4.69, 9.17) is 9.26 Å². The molecule has 0 unspecified atom stereocenters. The minimum Gasteiger partial charge on any atom is -0.480 e. The molecule has 1 fully saturated rings. The summed E-state index contributed by atoms with van der Waals surface area (Å²) in [6.07, 6.45) is 0.494. The van der Waals surface area contributed by atoms with E-state index in [9.17, 15) is 14.7 Å². The molecule has 0 bridgehead atoms. The standard InChI is InChI=1S/C12H17N3O5/c1-8-6-9(20-15-8)7-13-11(18)14-12(10(16)17)2-4-19-5-3-12/h6H,2-5,7H2,1H3,(H,16,17)(H2,13,14,18). The largest absolute Gasteiger partial charge is 0.480 e. The number of carbonyl (C=O) groups is 2. The number of aliphatic carboxylic acids is 1. The first kappa shape index (κ1) is 14.3. The molecule has 0 atom stereocenters. The average molecular weight is 283 g/mol. The van der Waals surface area contributed by atoms with Crippen LogP contribution < -0.4 is 10.6 Å². The first-order valence-corrected chi connectivity index (χ1v) is 6.31. The SMILES string of the molecule is Cc1cc(CNC(=O)NC2(C(=O)O)CCOCC2)on1. The van der Waals surface area contributed by atoms with Crippen molar-refractivity contribution in [1.29, 1.82) is 0 Å². The number of amides is 2. The molecule has 2 rings (SSSR count). The van der Waals surface area contributed by atoms with Gasteiger partial charge in [-0.3, -0.25) is 0 Å². The van der Waals surface area contributed by atoms with Crippen LogP contribution in [0.3, 0.4) is 0 Å². The zero-order chi connectivity index (χ0) is 14.6. The Hall–Kier alpha value is -2.09. The number of hydrogen-bond acceptors (Lipinski definition) is 5. The zero-order valence-corrected chi connectivity index (χ0v) is 11.1. The van der Waals surface area contributed by atoms with Crippen LogP contribution >= 0.6 is 0 Å². The topological polar surface area (TPSA) is 114 Å². The highest BCUT2D eigenvalue weighted by Gasteiger charge is 2.41. The summed E-state index contributed by atoms with van der Waals surface area (Å²) in [5.41, 5.74) is -0.548. The van der Waals surface area contributed by atoms with Crippen molar-refractivity contribution in [3.8, 4) is 0 Å². The lowest BCUT2D eigenvalue weighted by Gasteiger charge is -2.33. The van der Waals surface area contributed by atoms with Crippen LogP contribution in [-0.4, -0.2) is 41.0 Å². The second-order valence-corrected chi connectivity index (χ2v) is 4.74. The Balaban J connectivity index is 1.90. The smallest absolute Gasteiger partial charge is 0.329 e. The van der Waals surface area contributed by atoms with Crippen LogP contribution in [0.15, 0.2) is 10.6 Å². The molecule has 2 amide bonds. The Labute approximate surface area is 115 Å². The van der Waals surface area contributed by atoms with Crippen molar-refractivity contribution in [2.24, 2.45) is 0 Å². The van der Waals surface area contributed by atoms with Gasteiger partial charge in [0.1, 0.15) is 5.54 Å². The fraction of sp³-hybridized carbons (Fsp3) is 0.583. The molecule has 20 heavy (non-hydrogen) atoms. The van der Waals surface area contributed by atoms with Crippen LogP contribution in [0.25, 0.3) is 0 Å². The number of aromatic nitrogens is 1. The molecule has 0 aliphatic carbocycles. The average Bonchev–Trinajstić information content (AvgIpc) is 2.83. The van der Waals surface area contributed by atoms with Crippen LogP contribution in [0.5, 0.6) is 0 Å². The quantitative estimate of drug-likeness (QED) is 0.737. The zero-order valence-electron chi connectivity index (χ0n) is 11.1. The van der Waals surface area contributed by atoms with Gasteiger partial charge in [-0.1, -0.05) is 5.16 Å². The maximum Gasteiger partial charge on any atom is 0.329 e. The first-order chi connectivity index (χ1) is 9.52. The van der Waals surface area contributed by atoms with Crippen molar-refractivity contribution < 1.29 is 24.0 Å². The van der Waals surface area contributed by atoms with Gasteiger partial charge in [-0.2, -0.15) is 0 Å². The minimum atomic E-state index is -1.26. The summed E-state index contributed by atoms with van der Waals surface area (Å²) in [6, 6.07) is 1.14. The number of hydrogen-bond donors (Lipinski definition) is 3. The number of urea groups is 1. The molecule has 3 N–H and O–H groups in total. The first-order valence-electron chi connectivity index (χ1n) is 6.31. The van der Waals surface area contributed by atoms with Crippen LogP contribution in [0, 0.1) is 6.92 Å². The lowest BCUT2D eigenvalue weighted by molar-refractivity contribution is -0.148. The van der Waals surface area contributed by atoms with E-state index >= 15 is 0 Å². The molecule has 1 aromatic heterocycles. The van der Waals surface area contributed by atoms with Gasteiger partial charge < -0.3 is 25.0 Å². The summed E-state index contributed by atoms with van der Waals surface area (Å²) < 4.78 is 10.1. The predicted molar refractivity (Wildman–Crippen MR) is 67.0 cm³/mol. The third kappa shape index (κ3) is 3.27. The van der Waals surface area contributed by atoms with E-state index in [0.717, 1.165) is 0 Å². The van der Waals surface area contributed by atoms with E-state index in [1.807, 2.05) is 0 Å². The Morgan fingerprint density at radius 1 is 1.45 bits per heavy atom. The second-order valence-electron chi connectivity index (χ2n) is 4.74. The summed E-state index contributed by atoms with van der Waals surface area (Å²) in [7, 11) is 0. The number of aryl methyl sites for hydroxylation is 1. The summed E-state index contributed by atoms with van der Waals surface area (Å²) in [5.74, 6) is -0.541. The van der Waals surface area contributed by atoms with Gasteiger partial charge in [-0.15, -0.1) is 0 Å². The van der Waals surface area contributed by atoms with Gasteiger partial charge in [0.05, 0.1) is 12.2 Å². The lowest BCUT2D eigenvalue weighted by atomic mass is 9.90. The molecule has 0 saturated carbocycles. The Morgan fingerprint density at radius 3 is 2.70 bits per heavy atom. The fourth-order valence-electron chi connectivity index (χ4n) is 2.04. The highest BCUT2D eigenvalue weighted by atomic mass is 16.5. The number of rotatable bonds is 4. The number of carboxylic acids is 1. The molecule has 2 heterocycles. The van der Waals surface area contributed by atoms with Crippen LogP contribution in [-0.2, 0) is 16.1 Å². The van der Waals surface area contributed by atoms with E-state index in [1.54, 1.807) is 13.0 Å². The molecule has 0 radical (unpaired) electrons. The van der Waals surface area contributed by atoms with Gasteiger partial charge in [0.2, 0.25) is 0 Å². The third-order valence-electron chi connectivity index (χ3n) is 3.21. The Bertz CT molecular complexity index is 493. The highest BCUT2D eigenvalue weighted by Crippen LogP contribution is 2.20. The number of nitrogens with one attached hydrogen (secondary N) is 2. The van der Waals surface area contributed by atoms with Crippen LogP contribution in [0.4, 0.5) is 4.79 Å². The minimum absolute atomic E-state index is 0.152. The molecule has 0 spiro atoms. The molecule has 110 valence electrons. The lowest BCUT2D eigenvalue weighted by Crippen LogP contribution is -2.59. The van der Waals surface area contributed by atoms with Crippen molar-refractivity contribution in [1.82, 2.24) is 15.8 Å². The molecular weight excluding hydrogens is 266 g/mol. The normalized spacial score (nSPS) is 17.4. The van der Waals surface area contributed by atoms with Gasteiger partial charge in [0.25, 0.3) is 0 Å². The molecule has 0 aromatic carbocycles. The molecule has 1 aliphatic rings. The van der Waals surface area contributed by atoms with E-state index in [1.165, 1.54) is 0 Å². The molecule has 8 nitrogen and oxygen atoms in total. The summed E-state index contributed by atoms with van der Waals surface area (Å²) in [5, 5.41) is 18.1. The van der Waals surface area contributed by atoms with Gasteiger partial charge in [-0.25, -0.2) is 9.59 Å². The van der Waals surface area contributed by atoms with Crippen molar-refractivity contribution in [2.75, 3.05) is 13.2 Å². The highest BCUT2D eigenvalue weighted by molar-refractivity contribution is 5.86. The van der Waals surface area contributed by atoms with Crippen LogP contribution in [0.2, 0.25) is 0 Å². The summed E-state index contributed by atoms with van der Waals surface area (Å²) >= 11 is 0. The fourth-order valence-corrected chi connectivity index (χ4v) is 2.04. The summed E-state index contributed by atoms with van der Waals surface area (Å²) in [6.45, 7) is 2.55. The van der Waals surface area contributed by atoms with E-state index in [0.29, 0.717) is 24.7 Å². The molecule has 1 aromatic rings. The number of ether oxygens (including phenoxy) is 1. The van der Waals surface area contributed by atoms with Gasteiger partial charge in [-0.05, 0) is 6.92 Å². The molecule has 1 aliphatic heterocycles. The Morgan fingerprint density at radius 2 is 2.15 bits per heavy atom. The van der Waals surface area contributed by atoms with E-state index in [2.05, 4.69) is 15.8 Å². The number of carboxylic acid groups (broad SMARTS) is 1. The predicted octanol–water partition coefficient (Wildman–Crippen LogP) is 0.416. The van der Waals surface area contributed by atoms with Crippen molar-refractivity contribution in [3.63, 3.8) is 0 Å². The second kappa shape index (κ2) is 5.91. The van der Waals surface area contributed by atoms with Crippen molar-refractivity contribution in [2.45, 2.75) is 31.8 Å². The van der Waals surface area contributed by atoms with E-state index < -0.39 is 17.5 Å². The monoisotopic (exact) mass is 283 g/mol. The third-order valence-corrected chi connectivity index (χ3v) is 3.21. The Kier molecular flexibility index (Phi) is 4.23. The van der Waals surface area contributed by atoms with Gasteiger partial charge >= 0.3 is 12.0 Å². The number of carbonyl (C=O) groups excluding carboxylic acids is 1. The van der Waals surface area contributed by atoms with Gasteiger partial charge in [0, 0.05) is 32.1 Å².